The van der Waals surface area contributed by atoms with Gasteiger partial charge < -0.3 is 14.8 Å². The molecule has 1 amide bonds. The molecule has 6 heteroatoms. The van der Waals surface area contributed by atoms with Crippen molar-refractivity contribution >= 4 is 28.9 Å². The van der Waals surface area contributed by atoms with E-state index in [0.29, 0.717) is 23.8 Å². The van der Waals surface area contributed by atoms with Gasteiger partial charge in [0.2, 0.25) is 5.91 Å². The summed E-state index contributed by atoms with van der Waals surface area (Å²) in [4.78, 5) is 16.4. The predicted octanol–water partition coefficient (Wildman–Crippen LogP) is 4.75. The number of thioether (sulfide) groups is 1. The van der Waals surface area contributed by atoms with Crippen LogP contribution in [0.1, 0.15) is 31.9 Å². The topological polar surface area (TPSA) is 59.9 Å². The van der Waals surface area contributed by atoms with Crippen molar-refractivity contribution in [2.24, 2.45) is 4.99 Å². The summed E-state index contributed by atoms with van der Waals surface area (Å²) in [5.74, 6) is 1.72. The van der Waals surface area contributed by atoms with Crippen molar-refractivity contribution in [3.8, 4) is 11.5 Å². The standard InChI is InChI=1S/C23H30N2O3S/c1-23(2,3)18-7-9-19(10-8-18)25-16-29-15-22(26)24-13-12-17-6-11-20(27-4)21(14-17)28-5/h6-11,14,16H,12-13,15H2,1-5H3,(H,24,26). The number of carbonyl (C=O) groups excluding carboxylic acids is 1. The van der Waals surface area contributed by atoms with Crippen LogP contribution in [0.4, 0.5) is 5.69 Å². The van der Waals surface area contributed by atoms with Crippen LogP contribution in [0, 0.1) is 0 Å². The van der Waals surface area contributed by atoms with Gasteiger partial charge in [-0.15, -0.1) is 11.8 Å². The molecule has 0 bridgehead atoms. The zero-order valence-electron chi connectivity index (χ0n) is 17.8. The Hall–Kier alpha value is -2.47. The zero-order valence-corrected chi connectivity index (χ0v) is 18.6. The molecule has 0 spiro atoms. The highest BCUT2D eigenvalue weighted by atomic mass is 32.2. The molecular weight excluding hydrogens is 384 g/mol. The van der Waals surface area contributed by atoms with Crippen molar-refractivity contribution in [3.63, 3.8) is 0 Å². The van der Waals surface area contributed by atoms with Crippen LogP contribution >= 0.6 is 11.8 Å². The van der Waals surface area contributed by atoms with E-state index in [1.54, 1.807) is 19.8 Å². The third kappa shape index (κ3) is 7.46. The van der Waals surface area contributed by atoms with Gasteiger partial charge in [-0.2, -0.15) is 0 Å². The van der Waals surface area contributed by atoms with E-state index in [-0.39, 0.29) is 11.3 Å². The minimum Gasteiger partial charge on any atom is -0.493 e. The first kappa shape index (κ1) is 22.8. The summed E-state index contributed by atoms with van der Waals surface area (Å²) in [6, 6.07) is 14.0. The monoisotopic (exact) mass is 414 g/mol. The second-order valence-electron chi connectivity index (χ2n) is 7.63. The van der Waals surface area contributed by atoms with Gasteiger partial charge >= 0.3 is 0 Å². The SMILES string of the molecule is COc1ccc(CCNC(=O)CSC=Nc2ccc(C(C)(C)C)cc2)cc1OC. The number of amides is 1. The Kier molecular flexibility index (Phi) is 8.58. The maximum Gasteiger partial charge on any atom is 0.230 e. The van der Waals surface area contributed by atoms with Crippen molar-refractivity contribution in [1.82, 2.24) is 5.32 Å². The van der Waals surface area contributed by atoms with Crippen molar-refractivity contribution in [1.29, 1.82) is 0 Å². The molecule has 0 aliphatic carbocycles. The van der Waals surface area contributed by atoms with E-state index in [1.165, 1.54) is 17.3 Å². The van der Waals surface area contributed by atoms with Gasteiger partial charge in [0.05, 0.1) is 31.2 Å². The van der Waals surface area contributed by atoms with E-state index in [9.17, 15) is 4.79 Å². The van der Waals surface area contributed by atoms with Crippen LogP contribution in [0.3, 0.4) is 0 Å². The summed E-state index contributed by atoms with van der Waals surface area (Å²) in [6.45, 7) is 7.13. The van der Waals surface area contributed by atoms with Gasteiger partial charge in [0.25, 0.3) is 0 Å². The number of nitrogens with one attached hydrogen (secondary N) is 1. The summed E-state index contributed by atoms with van der Waals surface area (Å²) >= 11 is 1.38. The van der Waals surface area contributed by atoms with Crippen LogP contribution in [0.2, 0.25) is 0 Å². The number of hydrogen-bond acceptors (Lipinski definition) is 5. The highest BCUT2D eigenvalue weighted by molar-refractivity contribution is 8.12. The van der Waals surface area contributed by atoms with Crippen LogP contribution < -0.4 is 14.8 Å². The van der Waals surface area contributed by atoms with Gasteiger partial charge in [0.15, 0.2) is 11.5 Å². The molecule has 0 radical (unpaired) electrons. The van der Waals surface area contributed by atoms with Gasteiger partial charge in [-0.05, 0) is 47.2 Å². The molecule has 2 rings (SSSR count). The molecule has 0 unspecified atom stereocenters. The van der Waals surface area contributed by atoms with Crippen molar-refractivity contribution in [3.05, 3.63) is 53.6 Å². The van der Waals surface area contributed by atoms with Crippen LogP contribution in [-0.4, -0.2) is 38.0 Å². The highest BCUT2D eigenvalue weighted by Gasteiger charge is 2.12. The molecule has 0 aliphatic rings. The first-order valence-corrected chi connectivity index (χ1v) is 10.6. The normalized spacial score (nSPS) is 11.5. The third-order valence-corrected chi connectivity index (χ3v) is 5.09. The summed E-state index contributed by atoms with van der Waals surface area (Å²) in [5.41, 5.74) is 5.10. The van der Waals surface area contributed by atoms with Gasteiger partial charge in [-0.3, -0.25) is 9.79 Å². The molecule has 5 nitrogen and oxygen atoms in total. The fraction of sp³-hybridized carbons (Fsp3) is 0.391. The van der Waals surface area contributed by atoms with Crippen LogP contribution in [0.5, 0.6) is 11.5 Å². The van der Waals surface area contributed by atoms with E-state index in [2.05, 4.69) is 43.2 Å². The second-order valence-corrected chi connectivity index (χ2v) is 8.46. The first-order valence-electron chi connectivity index (χ1n) is 9.56. The van der Waals surface area contributed by atoms with Crippen LogP contribution in [0.25, 0.3) is 0 Å². The minimum atomic E-state index is -0.00925. The molecule has 0 atom stereocenters. The average Bonchev–Trinajstić information content (AvgIpc) is 2.70. The highest BCUT2D eigenvalue weighted by Crippen LogP contribution is 2.27. The second kappa shape index (κ2) is 10.9. The molecule has 1 N–H and O–H groups in total. The molecule has 0 saturated carbocycles. The lowest BCUT2D eigenvalue weighted by Crippen LogP contribution is -2.27. The Balaban J connectivity index is 1.71. The quantitative estimate of drug-likeness (QED) is 0.475. The molecular formula is C23H30N2O3S. The Morgan fingerprint density at radius 3 is 2.38 bits per heavy atom. The number of hydrogen-bond donors (Lipinski definition) is 1. The van der Waals surface area contributed by atoms with Crippen LogP contribution in [-0.2, 0) is 16.6 Å². The van der Waals surface area contributed by atoms with Crippen molar-refractivity contribution in [2.75, 3.05) is 26.5 Å². The van der Waals surface area contributed by atoms with Gasteiger partial charge in [0, 0.05) is 6.54 Å². The Morgan fingerprint density at radius 1 is 1.07 bits per heavy atom. The molecule has 0 saturated heterocycles. The van der Waals surface area contributed by atoms with Gasteiger partial charge in [0.1, 0.15) is 0 Å². The molecule has 2 aromatic carbocycles. The number of methoxy groups -OCH3 is 2. The smallest absolute Gasteiger partial charge is 0.230 e. The number of benzene rings is 2. The maximum atomic E-state index is 12.0. The summed E-state index contributed by atoms with van der Waals surface area (Å²) < 4.78 is 10.5. The number of nitrogens with zero attached hydrogens (tertiary/aromatic N) is 1. The molecule has 0 fully saturated rings. The molecule has 0 heterocycles. The summed E-state index contributed by atoms with van der Waals surface area (Å²) in [7, 11) is 3.22. The van der Waals surface area contributed by atoms with E-state index < -0.39 is 0 Å². The third-order valence-electron chi connectivity index (χ3n) is 4.41. The number of rotatable bonds is 9. The Labute approximate surface area is 177 Å². The summed E-state index contributed by atoms with van der Waals surface area (Å²) in [6.07, 6.45) is 0.727. The number of carbonyl (C=O) groups is 1. The van der Waals surface area contributed by atoms with Crippen LogP contribution in [0.15, 0.2) is 47.5 Å². The Morgan fingerprint density at radius 2 is 1.76 bits per heavy atom. The molecule has 2 aromatic rings. The molecule has 156 valence electrons. The maximum absolute atomic E-state index is 12.0. The van der Waals surface area contributed by atoms with E-state index >= 15 is 0 Å². The van der Waals surface area contributed by atoms with E-state index in [1.807, 2.05) is 30.3 Å². The fourth-order valence-corrected chi connectivity index (χ4v) is 3.22. The lowest BCUT2D eigenvalue weighted by molar-refractivity contribution is -0.118. The lowest BCUT2D eigenvalue weighted by atomic mass is 9.87. The molecule has 0 aliphatic heterocycles. The van der Waals surface area contributed by atoms with Gasteiger partial charge in [-0.25, -0.2) is 0 Å². The van der Waals surface area contributed by atoms with Crippen molar-refractivity contribution < 1.29 is 14.3 Å². The fourth-order valence-electron chi connectivity index (χ4n) is 2.69. The Bertz CT molecular complexity index is 827. The summed E-state index contributed by atoms with van der Waals surface area (Å²) in [5, 5.41) is 2.93. The molecule has 0 aromatic heterocycles. The largest absolute Gasteiger partial charge is 0.493 e. The zero-order chi connectivity index (χ0) is 21.3. The number of ether oxygens (including phenoxy) is 2. The first-order chi connectivity index (χ1) is 13.8. The predicted molar refractivity (Wildman–Crippen MR) is 122 cm³/mol. The number of aliphatic imine (C=N–C) groups is 1. The van der Waals surface area contributed by atoms with E-state index in [0.717, 1.165) is 17.7 Å². The van der Waals surface area contributed by atoms with Crippen molar-refractivity contribution in [2.45, 2.75) is 32.6 Å². The lowest BCUT2D eigenvalue weighted by Gasteiger charge is -2.18. The molecule has 29 heavy (non-hydrogen) atoms. The van der Waals surface area contributed by atoms with Gasteiger partial charge in [-0.1, -0.05) is 39.0 Å². The average molecular weight is 415 g/mol. The minimum absolute atomic E-state index is 0.00925. The van der Waals surface area contributed by atoms with E-state index in [4.69, 9.17) is 9.47 Å².